The molecule has 7 heteroatoms. The van der Waals surface area contributed by atoms with Crippen molar-refractivity contribution in [3.63, 3.8) is 0 Å². The molecule has 0 unspecified atom stereocenters. The van der Waals surface area contributed by atoms with E-state index in [1.807, 2.05) is 0 Å². The van der Waals surface area contributed by atoms with Crippen LogP contribution in [0, 0.1) is 10.1 Å². The number of aromatic nitrogens is 1. The average Bonchev–Trinajstić information content (AvgIpc) is 2.29. The Morgan fingerprint density at radius 1 is 1.47 bits per heavy atom. The maximum Gasteiger partial charge on any atom is 0.303 e. The lowest BCUT2D eigenvalue weighted by Gasteiger charge is -2.03. The number of carbonyl (C=O) groups is 1. The van der Waals surface area contributed by atoms with Gasteiger partial charge < -0.3 is 10.4 Å². The second-order valence-electron chi connectivity index (χ2n) is 3.44. The van der Waals surface area contributed by atoms with Crippen molar-refractivity contribution in [2.45, 2.75) is 19.3 Å². The first-order valence-corrected chi connectivity index (χ1v) is 5.15. The highest BCUT2D eigenvalue weighted by molar-refractivity contribution is 5.66. The van der Waals surface area contributed by atoms with Crippen molar-refractivity contribution in [3.8, 4) is 0 Å². The Morgan fingerprint density at radius 2 is 2.24 bits per heavy atom. The fourth-order valence-electron chi connectivity index (χ4n) is 1.22. The van der Waals surface area contributed by atoms with Crippen LogP contribution >= 0.6 is 0 Å². The fraction of sp³-hybridized carbons (Fsp3) is 0.400. The van der Waals surface area contributed by atoms with E-state index >= 15 is 0 Å². The summed E-state index contributed by atoms with van der Waals surface area (Å²) >= 11 is 0. The number of nitrogens with one attached hydrogen (secondary N) is 1. The van der Waals surface area contributed by atoms with Crippen molar-refractivity contribution in [3.05, 3.63) is 28.4 Å². The topological polar surface area (TPSA) is 105 Å². The Kier molecular flexibility index (Phi) is 4.86. The summed E-state index contributed by atoms with van der Waals surface area (Å²) < 4.78 is 0. The van der Waals surface area contributed by atoms with Gasteiger partial charge in [0.15, 0.2) is 0 Å². The molecule has 0 saturated carbocycles. The largest absolute Gasteiger partial charge is 0.481 e. The highest BCUT2D eigenvalue weighted by Gasteiger charge is 2.04. The van der Waals surface area contributed by atoms with Crippen molar-refractivity contribution < 1.29 is 14.8 Å². The van der Waals surface area contributed by atoms with Crippen LogP contribution in [0.2, 0.25) is 0 Å². The highest BCUT2D eigenvalue weighted by Crippen LogP contribution is 2.11. The summed E-state index contributed by atoms with van der Waals surface area (Å²) in [6.07, 6.45) is 2.63. The number of pyridine rings is 1. The van der Waals surface area contributed by atoms with Gasteiger partial charge in [-0.15, -0.1) is 0 Å². The van der Waals surface area contributed by atoms with Crippen molar-refractivity contribution >= 4 is 17.5 Å². The molecule has 0 aliphatic rings. The van der Waals surface area contributed by atoms with E-state index in [0.29, 0.717) is 25.2 Å². The number of nitrogens with zero attached hydrogens (tertiary/aromatic N) is 2. The van der Waals surface area contributed by atoms with E-state index in [4.69, 9.17) is 5.11 Å². The van der Waals surface area contributed by atoms with Crippen LogP contribution in [0.15, 0.2) is 18.3 Å². The van der Waals surface area contributed by atoms with E-state index in [9.17, 15) is 14.9 Å². The molecular formula is C10H13N3O4. The second-order valence-corrected chi connectivity index (χ2v) is 3.44. The molecule has 1 aromatic rings. The zero-order valence-electron chi connectivity index (χ0n) is 9.13. The highest BCUT2D eigenvalue weighted by atomic mass is 16.6. The van der Waals surface area contributed by atoms with Gasteiger partial charge in [0, 0.05) is 19.0 Å². The second kappa shape index (κ2) is 6.41. The summed E-state index contributed by atoms with van der Waals surface area (Å²) in [5, 5.41) is 21.7. The van der Waals surface area contributed by atoms with Gasteiger partial charge in [0.25, 0.3) is 5.69 Å². The number of carboxylic acid groups (broad SMARTS) is 1. The molecule has 1 aromatic heterocycles. The Labute approximate surface area is 97.6 Å². The Morgan fingerprint density at radius 3 is 2.76 bits per heavy atom. The summed E-state index contributed by atoms with van der Waals surface area (Å²) in [7, 11) is 0. The number of unbranched alkanes of at least 4 members (excludes halogenated alkanes) is 1. The monoisotopic (exact) mass is 239 g/mol. The molecule has 1 rings (SSSR count). The van der Waals surface area contributed by atoms with Gasteiger partial charge in [-0.1, -0.05) is 0 Å². The first-order chi connectivity index (χ1) is 8.09. The van der Waals surface area contributed by atoms with E-state index in [1.165, 1.54) is 18.3 Å². The van der Waals surface area contributed by atoms with Crippen molar-refractivity contribution in [1.82, 2.24) is 4.98 Å². The number of carboxylic acids is 1. The Bertz CT molecular complexity index is 391. The van der Waals surface area contributed by atoms with Gasteiger partial charge in [-0.05, 0) is 18.9 Å². The zero-order chi connectivity index (χ0) is 12.7. The zero-order valence-corrected chi connectivity index (χ0v) is 9.13. The summed E-state index contributed by atoms with van der Waals surface area (Å²) in [5.74, 6) is -0.260. The minimum Gasteiger partial charge on any atom is -0.481 e. The van der Waals surface area contributed by atoms with Gasteiger partial charge in [-0.25, -0.2) is 4.98 Å². The van der Waals surface area contributed by atoms with Crippen LogP contribution in [-0.2, 0) is 4.79 Å². The molecule has 0 fully saturated rings. The quantitative estimate of drug-likeness (QED) is 0.426. The van der Waals surface area contributed by atoms with Crippen molar-refractivity contribution in [1.29, 1.82) is 0 Å². The predicted octanol–water partition coefficient (Wildman–Crippen LogP) is 1.66. The lowest BCUT2D eigenvalue weighted by Crippen LogP contribution is -2.04. The summed E-state index contributed by atoms with van der Waals surface area (Å²) in [6.45, 7) is 0.595. The van der Waals surface area contributed by atoms with Crippen molar-refractivity contribution in [2.75, 3.05) is 11.9 Å². The molecule has 0 saturated heterocycles. The molecule has 1 heterocycles. The number of nitro groups is 1. The Hall–Kier alpha value is -2.18. The fourth-order valence-corrected chi connectivity index (χ4v) is 1.22. The smallest absolute Gasteiger partial charge is 0.303 e. The lowest BCUT2D eigenvalue weighted by molar-refractivity contribution is -0.385. The van der Waals surface area contributed by atoms with Gasteiger partial charge in [-0.3, -0.25) is 14.9 Å². The van der Waals surface area contributed by atoms with Crippen LogP contribution < -0.4 is 5.32 Å². The third-order valence-corrected chi connectivity index (χ3v) is 2.08. The van der Waals surface area contributed by atoms with Gasteiger partial charge in [-0.2, -0.15) is 0 Å². The minimum absolute atomic E-state index is 0.0542. The number of anilines is 1. The first-order valence-electron chi connectivity index (χ1n) is 5.15. The van der Waals surface area contributed by atoms with Crippen LogP contribution in [0.1, 0.15) is 19.3 Å². The molecular weight excluding hydrogens is 226 g/mol. The molecule has 0 atom stereocenters. The molecule has 0 aliphatic heterocycles. The maximum atomic E-state index is 10.4. The van der Waals surface area contributed by atoms with Gasteiger partial charge in [0.05, 0.1) is 4.92 Å². The minimum atomic E-state index is -0.807. The summed E-state index contributed by atoms with van der Waals surface area (Å²) in [5.41, 5.74) is -0.0542. The molecule has 0 aliphatic carbocycles. The van der Waals surface area contributed by atoms with E-state index in [2.05, 4.69) is 10.3 Å². The van der Waals surface area contributed by atoms with E-state index in [-0.39, 0.29) is 12.1 Å². The molecule has 17 heavy (non-hydrogen) atoms. The van der Waals surface area contributed by atoms with Crippen LogP contribution in [0.4, 0.5) is 11.5 Å². The van der Waals surface area contributed by atoms with Gasteiger partial charge in [0.1, 0.15) is 12.0 Å². The average molecular weight is 239 g/mol. The molecule has 0 radical (unpaired) electrons. The van der Waals surface area contributed by atoms with Crippen LogP contribution in [0.25, 0.3) is 0 Å². The molecule has 92 valence electrons. The van der Waals surface area contributed by atoms with Crippen molar-refractivity contribution in [2.24, 2.45) is 0 Å². The van der Waals surface area contributed by atoms with E-state index < -0.39 is 10.9 Å². The van der Waals surface area contributed by atoms with Crippen LogP contribution in [0.5, 0.6) is 0 Å². The number of aliphatic carboxylic acids is 1. The first kappa shape index (κ1) is 12.9. The van der Waals surface area contributed by atoms with Gasteiger partial charge in [0.2, 0.25) is 0 Å². The maximum absolute atomic E-state index is 10.4. The number of hydrogen-bond donors (Lipinski definition) is 2. The Balaban J connectivity index is 2.27. The molecule has 0 amide bonds. The molecule has 0 spiro atoms. The van der Waals surface area contributed by atoms with Crippen LogP contribution in [0.3, 0.4) is 0 Å². The molecule has 7 nitrogen and oxygen atoms in total. The predicted molar refractivity (Wildman–Crippen MR) is 60.9 cm³/mol. The third kappa shape index (κ3) is 4.92. The molecule has 0 bridgehead atoms. The van der Waals surface area contributed by atoms with E-state index in [0.717, 1.165) is 0 Å². The van der Waals surface area contributed by atoms with Gasteiger partial charge >= 0.3 is 5.97 Å². The van der Waals surface area contributed by atoms with Crippen LogP contribution in [-0.4, -0.2) is 27.5 Å². The van der Waals surface area contributed by atoms with E-state index in [1.54, 1.807) is 0 Å². The standard InChI is InChI=1S/C10H13N3O4/c14-10(15)3-1-2-6-11-9-5-4-8(7-12-9)13(16)17/h4-5,7H,1-3,6H2,(H,11,12)(H,14,15). The normalized spacial score (nSPS) is 9.88. The summed E-state index contributed by atoms with van der Waals surface area (Å²) in [4.78, 5) is 24.0. The third-order valence-electron chi connectivity index (χ3n) is 2.08. The molecule has 0 aromatic carbocycles. The number of hydrogen-bond acceptors (Lipinski definition) is 5. The number of rotatable bonds is 7. The SMILES string of the molecule is O=C(O)CCCCNc1ccc([N+](=O)[O-])cn1. The summed E-state index contributed by atoms with van der Waals surface area (Å²) in [6, 6.07) is 2.89. The molecule has 2 N–H and O–H groups in total. The lowest BCUT2D eigenvalue weighted by atomic mass is 10.2.